The topological polar surface area (TPSA) is 32.8 Å². The van der Waals surface area contributed by atoms with E-state index >= 15 is 0 Å². The molecule has 0 aromatic heterocycles. The fourth-order valence-corrected chi connectivity index (χ4v) is 4.84. The lowest BCUT2D eigenvalue weighted by molar-refractivity contribution is 0.150. The van der Waals surface area contributed by atoms with Gasteiger partial charge in [0.1, 0.15) is 11.9 Å². The van der Waals surface area contributed by atoms with Crippen LogP contribution in [0.2, 0.25) is 0 Å². The molecule has 35 heavy (non-hydrogen) atoms. The number of epoxide rings is 1. The third kappa shape index (κ3) is 5.21. The minimum atomic E-state index is -0.840. The molecule has 0 radical (unpaired) electrons. The van der Waals surface area contributed by atoms with Gasteiger partial charge in [-0.25, -0.2) is 13.2 Å². The van der Waals surface area contributed by atoms with Crippen LogP contribution in [0.5, 0.6) is 0 Å². The molecule has 4 atom stereocenters. The van der Waals surface area contributed by atoms with Crippen LogP contribution in [0.1, 0.15) is 47.9 Å². The van der Waals surface area contributed by atoms with E-state index in [0.29, 0.717) is 43.4 Å². The Morgan fingerprint density at radius 3 is 2.37 bits per heavy atom. The minimum Gasteiger partial charge on any atom is -0.393 e. The van der Waals surface area contributed by atoms with Crippen LogP contribution < -0.4 is 0 Å². The van der Waals surface area contributed by atoms with Gasteiger partial charge < -0.3 is 9.84 Å². The highest BCUT2D eigenvalue weighted by Crippen LogP contribution is 2.37. The van der Waals surface area contributed by atoms with Gasteiger partial charge in [0, 0.05) is 17.4 Å². The van der Waals surface area contributed by atoms with E-state index in [9.17, 15) is 18.3 Å². The summed E-state index contributed by atoms with van der Waals surface area (Å²) in [5.41, 5.74) is 4.03. The number of allylic oxidation sites excluding steroid dienone is 5. The van der Waals surface area contributed by atoms with E-state index in [4.69, 9.17) is 4.74 Å². The fraction of sp³-hybridized carbons (Fsp3) is 0.333. The first-order valence-corrected chi connectivity index (χ1v) is 12.2. The molecular formula is C30H29F3O2. The van der Waals surface area contributed by atoms with Crippen molar-refractivity contribution in [3.63, 3.8) is 0 Å². The highest BCUT2D eigenvalue weighted by molar-refractivity contribution is 5.75. The van der Waals surface area contributed by atoms with Crippen molar-refractivity contribution < 1.29 is 23.0 Å². The number of hydrogen-bond donors (Lipinski definition) is 1. The van der Waals surface area contributed by atoms with Crippen LogP contribution in [0.3, 0.4) is 0 Å². The normalized spacial score (nSPS) is 24.5. The zero-order chi connectivity index (χ0) is 24.5. The number of ether oxygens (including phenoxy) is 1. The maximum Gasteiger partial charge on any atom is 0.166 e. The second-order valence-electron chi connectivity index (χ2n) is 9.64. The third-order valence-corrected chi connectivity index (χ3v) is 7.22. The second-order valence-corrected chi connectivity index (χ2v) is 9.64. The fourth-order valence-electron chi connectivity index (χ4n) is 4.84. The smallest absolute Gasteiger partial charge is 0.166 e. The lowest BCUT2D eigenvalue weighted by Crippen LogP contribution is -2.15. The van der Waals surface area contributed by atoms with E-state index in [1.807, 2.05) is 42.5 Å². The van der Waals surface area contributed by atoms with Gasteiger partial charge in [-0.3, -0.25) is 0 Å². The molecule has 2 aromatic carbocycles. The molecule has 2 nitrogen and oxygen atoms in total. The van der Waals surface area contributed by atoms with Crippen molar-refractivity contribution in [3.05, 3.63) is 112 Å². The van der Waals surface area contributed by atoms with Crippen LogP contribution in [-0.4, -0.2) is 23.9 Å². The molecule has 1 N–H and O–H groups in total. The van der Waals surface area contributed by atoms with Crippen molar-refractivity contribution in [2.75, 3.05) is 6.61 Å². The Morgan fingerprint density at radius 2 is 1.74 bits per heavy atom. The molecule has 5 rings (SSSR count). The van der Waals surface area contributed by atoms with E-state index in [-0.39, 0.29) is 29.3 Å². The first-order valence-electron chi connectivity index (χ1n) is 12.2. The van der Waals surface area contributed by atoms with Gasteiger partial charge in [0.05, 0.1) is 12.7 Å². The standard InChI is InChI=1S/C30H29F3O2/c1-18(34)20-8-10-22(11-9-20)26-15-12-23(29(32)30(26)33)7-4-19-2-5-21(6-3-19)25-14-13-24(16-27(25)31)28-17-35-28/h2-3,5-6,8,10-13,15-16,18,20,25,28,34H,4,7,9,14,17H2,1H3. The molecule has 1 saturated heterocycles. The van der Waals surface area contributed by atoms with E-state index in [0.717, 1.165) is 16.7 Å². The maximum atomic E-state index is 14.9. The van der Waals surface area contributed by atoms with Gasteiger partial charge >= 0.3 is 0 Å². The van der Waals surface area contributed by atoms with Crippen molar-refractivity contribution >= 4 is 5.57 Å². The lowest BCUT2D eigenvalue weighted by atomic mass is 9.87. The highest BCUT2D eigenvalue weighted by atomic mass is 19.2. The summed E-state index contributed by atoms with van der Waals surface area (Å²) in [5.74, 6) is -2.10. The zero-order valence-electron chi connectivity index (χ0n) is 19.7. The molecule has 182 valence electrons. The van der Waals surface area contributed by atoms with Gasteiger partial charge in [-0.05, 0) is 66.5 Å². The van der Waals surface area contributed by atoms with Crippen LogP contribution in [-0.2, 0) is 17.6 Å². The Balaban J connectivity index is 1.22. The molecule has 0 amide bonds. The second kappa shape index (κ2) is 10.00. The summed E-state index contributed by atoms with van der Waals surface area (Å²) in [5, 5.41) is 9.70. The van der Waals surface area contributed by atoms with E-state index < -0.39 is 17.7 Å². The SMILES string of the molecule is CC(O)C1C=CC(c2ccc(CCc3ccc(C4CC=C(C5CO5)C=C4F)cc3)c(F)c2F)=CC1. The van der Waals surface area contributed by atoms with Crippen molar-refractivity contribution in [2.24, 2.45) is 5.92 Å². The van der Waals surface area contributed by atoms with Crippen LogP contribution in [0.15, 0.2) is 78.2 Å². The third-order valence-electron chi connectivity index (χ3n) is 7.22. The number of aliphatic hydroxyl groups is 1. The first-order chi connectivity index (χ1) is 16.9. The summed E-state index contributed by atoms with van der Waals surface area (Å²) in [4.78, 5) is 0. The Morgan fingerprint density at radius 1 is 0.971 bits per heavy atom. The molecule has 0 spiro atoms. The number of hydrogen-bond acceptors (Lipinski definition) is 2. The average Bonchev–Trinajstić information content (AvgIpc) is 3.71. The quantitative estimate of drug-likeness (QED) is 0.446. The number of rotatable bonds is 7. The van der Waals surface area contributed by atoms with Crippen LogP contribution >= 0.6 is 0 Å². The van der Waals surface area contributed by atoms with Gasteiger partial charge in [0.2, 0.25) is 0 Å². The van der Waals surface area contributed by atoms with E-state index in [1.54, 1.807) is 31.2 Å². The molecule has 2 aromatic rings. The summed E-state index contributed by atoms with van der Waals surface area (Å²) < 4.78 is 49.5. The number of benzene rings is 2. The van der Waals surface area contributed by atoms with Crippen molar-refractivity contribution in [1.82, 2.24) is 0 Å². The Bertz CT molecular complexity index is 1220. The molecule has 0 bridgehead atoms. The Kier molecular flexibility index (Phi) is 6.81. The summed E-state index contributed by atoms with van der Waals surface area (Å²) in [6.45, 7) is 2.39. The summed E-state index contributed by atoms with van der Waals surface area (Å²) >= 11 is 0. The molecule has 4 unspecified atom stereocenters. The lowest BCUT2D eigenvalue weighted by Gasteiger charge is -2.19. The molecule has 2 aliphatic carbocycles. The van der Waals surface area contributed by atoms with Crippen LogP contribution in [0.25, 0.3) is 5.57 Å². The zero-order valence-corrected chi connectivity index (χ0v) is 19.7. The maximum absolute atomic E-state index is 14.9. The molecule has 1 fully saturated rings. The summed E-state index contributed by atoms with van der Waals surface area (Å²) in [6, 6.07) is 11.0. The number of aryl methyl sites for hydroxylation is 2. The van der Waals surface area contributed by atoms with Gasteiger partial charge in [0.15, 0.2) is 11.6 Å². The van der Waals surface area contributed by atoms with Crippen LogP contribution in [0.4, 0.5) is 13.2 Å². The average molecular weight is 479 g/mol. The molecular weight excluding hydrogens is 449 g/mol. The van der Waals surface area contributed by atoms with Gasteiger partial charge in [-0.15, -0.1) is 0 Å². The van der Waals surface area contributed by atoms with Crippen molar-refractivity contribution in [3.8, 4) is 0 Å². The predicted molar refractivity (Wildman–Crippen MR) is 131 cm³/mol. The summed E-state index contributed by atoms with van der Waals surface area (Å²) in [6.07, 6.45) is 10.8. The largest absolute Gasteiger partial charge is 0.393 e. The predicted octanol–water partition coefficient (Wildman–Crippen LogP) is 6.76. The monoisotopic (exact) mass is 478 g/mol. The summed E-state index contributed by atoms with van der Waals surface area (Å²) in [7, 11) is 0. The molecule has 1 heterocycles. The Hall–Kier alpha value is -2.89. The van der Waals surface area contributed by atoms with Gasteiger partial charge in [-0.2, -0.15) is 0 Å². The van der Waals surface area contributed by atoms with Crippen molar-refractivity contribution in [2.45, 2.75) is 50.7 Å². The van der Waals surface area contributed by atoms with E-state index in [2.05, 4.69) is 0 Å². The molecule has 5 heteroatoms. The number of aliphatic hydroxyl groups excluding tert-OH is 1. The van der Waals surface area contributed by atoms with Gasteiger partial charge in [0.25, 0.3) is 0 Å². The van der Waals surface area contributed by atoms with E-state index in [1.165, 1.54) is 0 Å². The van der Waals surface area contributed by atoms with Crippen molar-refractivity contribution in [1.29, 1.82) is 0 Å². The highest BCUT2D eigenvalue weighted by Gasteiger charge is 2.30. The van der Waals surface area contributed by atoms with Crippen LogP contribution in [0, 0.1) is 17.6 Å². The first kappa shape index (κ1) is 23.8. The Labute approximate surface area is 204 Å². The molecule has 0 saturated carbocycles. The number of halogens is 3. The molecule has 3 aliphatic rings. The minimum absolute atomic E-state index is 0.00535. The molecule has 1 aliphatic heterocycles. The van der Waals surface area contributed by atoms with Gasteiger partial charge in [-0.1, -0.05) is 60.7 Å².